The molecule has 0 amide bonds. The quantitative estimate of drug-likeness (QED) is 0.275. The van der Waals surface area contributed by atoms with E-state index in [0.717, 1.165) is 0 Å². The number of benzene rings is 6. The van der Waals surface area contributed by atoms with Crippen LogP contribution in [0.5, 0.6) is 5.75 Å². The second-order valence-corrected chi connectivity index (χ2v) is 8.50. The highest BCUT2D eigenvalue weighted by Gasteiger charge is 2.19. The number of hydrogen-bond donors (Lipinski definition) is 1. The average Bonchev–Trinajstić information content (AvgIpc) is 2.88. The maximum absolute atomic E-state index is 13.4. The summed E-state index contributed by atoms with van der Waals surface area (Å²) in [5.41, 5.74) is -0.375. The van der Waals surface area contributed by atoms with Crippen LogP contribution in [0.1, 0.15) is 0 Å². The molecule has 0 unspecified atom stereocenters. The number of rotatable bonds is 0. The maximum atomic E-state index is 13.4. The predicted molar refractivity (Wildman–Crippen MR) is 136 cm³/mol. The Labute approximate surface area is 193 Å². The van der Waals surface area contributed by atoms with E-state index in [1.807, 2.05) is 0 Å². The van der Waals surface area contributed by atoms with Gasteiger partial charge < -0.3 is 5.11 Å². The minimum absolute atomic E-state index is 0.0325. The molecule has 1 N–H and O–H groups in total. The zero-order valence-corrected chi connectivity index (χ0v) is 17.8. The fourth-order valence-corrected chi connectivity index (χ4v) is 5.04. The van der Waals surface area contributed by atoms with Gasteiger partial charge in [-0.15, -0.1) is 0 Å². The predicted octanol–water partition coefficient (Wildman–Crippen LogP) is 3.42. The zero-order chi connectivity index (χ0) is 24.0. The summed E-state index contributed by atoms with van der Waals surface area (Å²) in [6, 6.07) is 17.2. The van der Waals surface area contributed by atoms with Gasteiger partial charge in [0.25, 0.3) is 0 Å². The molecule has 0 radical (unpaired) electrons. The highest BCUT2D eigenvalue weighted by Crippen LogP contribution is 2.28. The monoisotopic (exact) mass is 456 g/mol. The van der Waals surface area contributed by atoms with Gasteiger partial charge in [-0.25, -0.2) is 9.97 Å². The van der Waals surface area contributed by atoms with Crippen LogP contribution in [0.25, 0.3) is 65.2 Å². The van der Waals surface area contributed by atoms with Crippen LogP contribution in [0.4, 0.5) is 0 Å². The van der Waals surface area contributed by atoms with Crippen LogP contribution in [-0.2, 0) is 0 Å². The topological polar surface area (TPSA) is 114 Å². The van der Waals surface area contributed by atoms with Crippen molar-refractivity contribution in [3.05, 3.63) is 108 Å². The Kier molecular flexibility index (Phi) is 3.62. The number of aromatic nitrogens is 2. The van der Waals surface area contributed by atoms with Crippen LogP contribution in [0, 0.1) is 0 Å². The Morgan fingerprint density at radius 2 is 0.914 bits per heavy atom. The molecule has 0 saturated heterocycles. The number of fused-ring (bicyclic) bond motifs is 8. The molecule has 0 saturated carbocycles. The Hall–Kier alpha value is -5.04. The molecular formula is C28H12N2O5. The summed E-state index contributed by atoms with van der Waals surface area (Å²) in [7, 11) is 0. The fourth-order valence-electron chi connectivity index (χ4n) is 5.04. The molecule has 164 valence electrons. The molecule has 7 aromatic rings. The Bertz CT molecular complexity index is 2320. The summed E-state index contributed by atoms with van der Waals surface area (Å²) in [6.45, 7) is 0. The van der Waals surface area contributed by atoms with Gasteiger partial charge in [0, 0.05) is 26.9 Å². The van der Waals surface area contributed by atoms with E-state index in [1.165, 1.54) is 24.3 Å². The first-order valence-corrected chi connectivity index (χ1v) is 10.8. The molecule has 7 rings (SSSR count). The van der Waals surface area contributed by atoms with Crippen LogP contribution < -0.4 is 21.7 Å². The van der Waals surface area contributed by atoms with Gasteiger partial charge in [0.05, 0.1) is 27.2 Å². The third-order valence-corrected chi connectivity index (χ3v) is 6.65. The van der Waals surface area contributed by atoms with E-state index in [9.17, 15) is 24.3 Å². The highest BCUT2D eigenvalue weighted by molar-refractivity contribution is 6.14. The molecule has 0 bridgehead atoms. The Morgan fingerprint density at radius 3 is 1.54 bits per heavy atom. The summed E-state index contributed by atoms with van der Waals surface area (Å²) in [5.74, 6) is -0.258. The van der Waals surface area contributed by atoms with Gasteiger partial charge in [0.2, 0.25) is 0 Å². The number of phenols is 1. The van der Waals surface area contributed by atoms with Gasteiger partial charge in [0.15, 0.2) is 21.7 Å². The van der Waals surface area contributed by atoms with Crippen molar-refractivity contribution in [2.24, 2.45) is 0 Å². The zero-order valence-electron chi connectivity index (χ0n) is 17.8. The van der Waals surface area contributed by atoms with Crippen molar-refractivity contribution in [3.8, 4) is 5.75 Å². The first kappa shape index (κ1) is 19.4. The third-order valence-electron chi connectivity index (χ3n) is 6.65. The average molecular weight is 456 g/mol. The second-order valence-electron chi connectivity index (χ2n) is 8.50. The number of aromatic hydroxyl groups is 1. The van der Waals surface area contributed by atoms with E-state index < -0.39 is 10.9 Å². The molecule has 0 aliphatic heterocycles. The van der Waals surface area contributed by atoms with E-state index in [2.05, 4.69) is 9.97 Å². The van der Waals surface area contributed by atoms with Crippen LogP contribution in [0.2, 0.25) is 0 Å². The number of nitrogens with zero attached hydrogens (tertiary/aromatic N) is 2. The second kappa shape index (κ2) is 6.51. The van der Waals surface area contributed by atoms with Crippen LogP contribution in [-0.4, -0.2) is 15.1 Å². The first-order valence-electron chi connectivity index (χ1n) is 10.8. The lowest BCUT2D eigenvalue weighted by Gasteiger charge is -2.08. The summed E-state index contributed by atoms with van der Waals surface area (Å²) in [4.78, 5) is 62.2. The van der Waals surface area contributed by atoms with Crippen molar-refractivity contribution in [3.63, 3.8) is 0 Å². The molecule has 0 atom stereocenters. The lowest BCUT2D eigenvalue weighted by Crippen LogP contribution is -2.15. The van der Waals surface area contributed by atoms with Gasteiger partial charge in [-0.2, -0.15) is 0 Å². The highest BCUT2D eigenvalue weighted by atomic mass is 16.3. The van der Waals surface area contributed by atoms with E-state index >= 15 is 0 Å². The molecule has 6 aromatic carbocycles. The van der Waals surface area contributed by atoms with Gasteiger partial charge in [-0.3, -0.25) is 19.2 Å². The molecular weight excluding hydrogens is 444 g/mol. The van der Waals surface area contributed by atoms with Crippen LogP contribution in [0.3, 0.4) is 0 Å². The van der Waals surface area contributed by atoms with Crippen molar-refractivity contribution in [1.29, 1.82) is 0 Å². The normalized spacial score (nSPS) is 12.0. The van der Waals surface area contributed by atoms with E-state index in [4.69, 9.17) is 0 Å². The minimum Gasteiger partial charge on any atom is -0.507 e. The molecule has 7 nitrogen and oxygen atoms in total. The molecule has 0 spiro atoms. The summed E-state index contributed by atoms with van der Waals surface area (Å²) in [6.07, 6.45) is 0. The summed E-state index contributed by atoms with van der Waals surface area (Å²) in [5, 5.41) is 11.6. The molecule has 0 aliphatic rings. The first-order chi connectivity index (χ1) is 17.0. The number of hydrogen-bond acceptors (Lipinski definition) is 7. The lowest BCUT2D eigenvalue weighted by atomic mass is 9.99. The molecule has 1 aromatic heterocycles. The molecule has 1 heterocycles. The Morgan fingerprint density at radius 1 is 0.457 bits per heavy atom. The summed E-state index contributed by atoms with van der Waals surface area (Å²) < 4.78 is 0. The molecule has 0 aliphatic carbocycles. The standard InChI is InChI=1S/C28H12N2O5/c31-19-7-3-6-14-20(19)27(34)16-9-11-18-24(22(16)28(14)35)30-17-10-8-15-21(23(17)29-18)26(33)13-5-2-1-4-12(13)25(15)32/h1-11,31H. The number of phenolic OH excluding ortho intramolecular Hbond substituents is 1. The third kappa shape index (κ3) is 2.38. The lowest BCUT2D eigenvalue weighted by molar-refractivity contribution is 0.481. The molecule has 0 fully saturated rings. The Balaban J connectivity index is 1.72. The van der Waals surface area contributed by atoms with Crippen LogP contribution in [0.15, 0.2) is 85.9 Å². The van der Waals surface area contributed by atoms with Crippen LogP contribution >= 0.6 is 0 Å². The van der Waals surface area contributed by atoms with Crippen molar-refractivity contribution in [2.75, 3.05) is 0 Å². The summed E-state index contributed by atoms with van der Waals surface area (Å²) >= 11 is 0. The fraction of sp³-hybridized carbons (Fsp3) is 0. The van der Waals surface area contributed by atoms with E-state index in [0.29, 0.717) is 21.8 Å². The SMILES string of the molecule is O=c1c2ccccc2c(=O)c2c1ccc1nc3c(ccc4c(=O)c5c(O)cccc5c(=O)c43)nc12. The van der Waals surface area contributed by atoms with Gasteiger partial charge >= 0.3 is 0 Å². The van der Waals surface area contributed by atoms with Gasteiger partial charge in [-0.1, -0.05) is 36.4 Å². The van der Waals surface area contributed by atoms with E-state index in [-0.39, 0.29) is 60.0 Å². The molecule has 7 heteroatoms. The van der Waals surface area contributed by atoms with Crippen molar-refractivity contribution in [1.82, 2.24) is 9.97 Å². The van der Waals surface area contributed by atoms with E-state index in [1.54, 1.807) is 42.5 Å². The van der Waals surface area contributed by atoms with Gasteiger partial charge in [-0.05, 0) is 30.3 Å². The van der Waals surface area contributed by atoms with Crippen molar-refractivity contribution < 1.29 is 5.11 Å². The maximum Gasteiger partial charge on any atom is 0.198 e. The molecule has 35 heavy (non-hydrogen) atoms. The smallest absolute Gasteiger partial charge is 0.198 e. The van der Waals surface area contributed by atoms with Crippen molar-refractivity contribution in [2.45, 2.75) is 0 Å². The minimum atomic E-state index is -0.473. The largest absolute Gasteiger partial charge is 0.507 e. The van der Waals surface area contributed by atoms with Gasteiger partial charge in [0.1, 0.15) is 16.8 Å². The van der Waals surface area contributed by atoms with Crippen molar-refractivity contribution >= 4 is 65.2 Å².